The third-order valence-electron chi connectivity index (χ3n) is 1.89. The highest BCUT2D eigenvalue weighted by Gasteiger charge is 2.12. The van der Waals surface area contributed by atoms with Crippen LogP contribution in [0.4, 0.5) is 0 Å². The molecule has 0 spiro atoms. The zero-order valence-corrected chi connectivity index (χ0v) is 9.10. The molecule has 0 aromatic carbocycles. The number of hydrogen-bond donors (Lipinski definition) is 0. The molecule has 0 unspecified atom stereocenters. The average Bonchev–Trinajstić information content (AvgIpc) is 2.01. The second-order valence-corrected chi connectivity index (χ2v) is 3.93. The van der Waals surface area contributed by atoms with Crippen LogP contribution in [0.1, 0.15) is 40.5 Å². The lowest BCUT2D eigenvalue weighted by molar-refractivity contribution is 0.269. The fraction of sp³-hybridized carbons (Fsp3) is 1.00. The molecule has 0 saturated heterocycles. The summed E-state index contributed by atoms with van der Waals surface area (Å²) in [5.41, 5.74) is 0. The Morgan fingerprint density at radius 2 is 1.58 bits per heavy atom. The summed E-state index contributed by atoms with van der Waals surface area (Å²) in [4.78, 5) is 0. The predicted molar refractivity (Wildman–Crippen MR) is 56.7 cm³/mol. The van der Waals surface area contributed by atoms with Gasteiger partial charge in [-0.3, -0.25) is 0 Å². The highest BCUT2D eigenvalue weighted by molar-refractivity contribution is 6.51. The Morgan fingerprint density at radius 1 is 1.08 bits per heavy atom. The van der Waals surface area contributed by atoms with Crippen molar-refractivity contribution < 1.29 is 4.65 Å². The van der Waals surface area contributed by atoms with E-state index in [9.17, 15) is 0 Å². The van der Waals surface area contributed by atoms with E-state index in [0.717, 1.165) is 6.61 Å². The third kappa shape index (κ3) is 6.72. The molecule has 12 heavy (non-hydrogen) atoms. The Balaban J connectivity index is 3.48. The second-order valence-electron chi connectivity index (χ2n) is 3.93. The Bertz CT molecular complexity index is 87.8. The van der Waals surface area contributed by atoms with Gasteiger partial charge in [-0.05, 0) is 18.6 Å². The molecule has 0 radical (unpaired) electrons. The van der Waals surface area contributed by atoms with Crippen LogP contribution in [0.2, 0.25) is 12.6 Å². The van der Waals surface area contributed by atoms with Crippen LogP contribution in [0.3, 0.4) is 0 Å². The zero-order valence-electron chi connectivity index (χ0n) is 9.10. The van der Waals surface area contributed by atoms with Crippen molar-refractivity contribution in [3.63, 3.8) is 0 Å². The quantitative estimate of drug-likeness (QED) is 0.531. The van der Waals surface area contributed by atoms with Gasteiger partial charge in [-0.1, -0.05) is 40.5 Å². The van der Waals surface area contributed by atoms with E-state index in [0.29, 0.717) is 12.8 Å². The van der Waals surface area contributed by atoms with Crippen LogP contribution in [0, 0.1) is 5.92 Å². The first kappa shape index (κ1) is 12.0. The Kier molecular flexibility index (Phi) is 7.68. The summed E-state index contributed by atoms with van der Waals surface area (Å²) < 4.78 is 5.78. The average molecular weight is 170 g/mol. The van der Waals surface area contributed by atoms with Gasteiger partial charge in [-0.2, -0.15) is 0 Å². The number of hydrogen-bond acceptors (Lipinski definition) is 1. The van der Waals surface area contributed by atoms with Crippen LogP contribution in [-0.4, -0.2) is 13.5 Å². The lowest BCUT2D eigenvalue weighted by Crippen LogP contribution is -2.19. The largest absolute Gasteiger partial charge is 0.436 e. The Labute approximate surface area is 78.0 Å². The SMILES string of the molecule is CCCB(CCC)OCC(C)C. The van der Waals surface area contributed by atoms with Gasteiger partial charge in [0.2, 0.25) is 0 Å². The maximum absolute atomic E-state index is 5.78. The van der Waals surface area contributed by atoms with Crippen molar-refractivity contribution in [3.05, 3.63) is 0 Å². The van der Waals surface area contributed by atoms with E-state index in [2.05, 4.69) is 27.7 Å². The molecule has 0 amide bonds. The van der Waals surface area contributed by atoms with Gasteiger partial charge >= 0.3 is 0 Å². The molecular formula is C10H23BO. The molecule has 72 valence electrons. The molecular weight excluding hydrogens is 147 g/mol. The molecule has 1 nitrogen and oxygen atoms in total. The first-order chi connectivity index (χ1) is 5.70. The molecule has 0 saturated carbocycles. The standard InChI is InChI=1S/C10H23BO/c1-5-7-11(8-6-2)12-9-10(3)4/h10H,5-9H2,1-4H3. The highest BCUT2D eigenvalue weighted by Crippen LogP contribution is 2.08. The second kappa shape index (κ2) is 7.66. The maximum atomic E-state index is 5.78. The zero-order chi connectivity index (χ0) is 9.40. The fourth-order valence-corrected chi connectivity index (χ4v) is 1.28. The van der Waals surface area contributed by atoms with Gasteiger partial charge in [0, 0.05) is 6.61 Å². The van der Waals surface area contributed by atoms with E-state index in [-0.39, 0.29) is 0 Å². The maximum Gasteiger partial charge on any atom is 0.293 e. The predicted octanol–water partition coefficient (Wildman–Crippen LogP) is 3.47. The van der Waals surface area contributed by atoms with Crippen LogP contribution in [0.25, 0.3) is 0 Å². The van der Waals surface area contributed by atoms with Gasteiger partial charge in [0.1, 0.15) is 0 Å². The summed E-state index contributed by atoms with van der Waals surface area (Å²) in [7, 11) is 0. The lowest BCUT2D eigenvalue weighted by Gasteiger charge is -2.14. The molecule has 0 atom stereocenters. The summed E-state index contributed by atoms with van der Waals surface area (Å²) in [6.45, 7) is 10.3. The van der Waals surface area contributed by atoms with Crippen molar-refractivity contribution in [2.75, 3.05) is 6.61 Å². The van der Waals surface area contributed by atoms with Gasteiger partial charge in [0.05, 0.1) is 0 Å². The molecule has 0 N–H and O–H groups in total. The van der Waals surface area contributed by atoms with Crippen LogP contribution < -0.4 is 0 Å². The lowest BCUT2D eigenvalue weighted by atomic mass is 9.60. The Hall–Kier alpha value is 0.0249. The van der Waals surface area contributed by atoms with Gasteiger partial charge in [-0.25, -0.2) is 0 Å². The molecule has 0 fully saturated rings. The topological polar surface area (TPSA) is 9.23 Å². The van der Waals surface area contributed by atoms with Crippen LogP contribution >= 0.6 is 0 Å². The van der Waals surface area contributed by atoms with Crippen molar-refractivity contribution in [2.24, 2.45) is 5.92 Å². The normalized spacial score (nSPS) is 10.8. The van der Waals surface area contributed by atoms with E-state index in [4.69, 9.17) is 4.65 Å². The minimum Gasteiger partial charge on any atom is -0.436 e. The Morgan fingerprint density at radius 3 is 1.92 bits per heavy atom. The first-order valence-electron chi connectivity index (χ1n) is 5.32. The van der Waals surface area contributed by atoms with E-state index in [1.165, 1.54) is 25.5 Å². The van der Waals surface area contributed by atoms with Crippen molar-refractivity contribution in [3.8, 4) is 0 Å². The van der Waals surface area contributed by atoms with Crippen molar-refractivity contribution >= 4 is 6.92 Å². The molecule has 0 heterocycles. The van der Waals surface area contributed by atoms with Crippen molar-refractivity contribution in [1.82, 2.24) is 0 Å². The van der Waals surface area contributed by atoms with Crippen molar-refractivity contribution in [2.45, 2.75) is 53.2 Å². The molecule has 0 aliphatic rings. The van der Waals surface area contributed by atoms with Gasteiger partial charge in [0.15, 0.2) is 0 Å². The van der Waals surface area contributed by atoms with E-state index in [1.54, 1.807) is 0 Å². The van der Waals surface area contributed by atoms with Gasteiger partial charge in [-0.15, -0.1) is 0 Å². The summed E-state index contributed by atoms with van der Waals surface area (Å²) in [6, 6.07) is 0. The molecule has 0 aliphatic carbocycles. The summed E-state index contributed by atoms with van der Waals surface area (Å²) >= 11 is 0. The summed E-state index contributed by atoms with van der Waals surface area (Å²) in [6.07, 6.45) is 4.92. The highest BCUT2D eigenvalue weighted by atomic mass is 16.4. The van der Waals surface area contributed by atoms with E-state index >= 15 is 0 Å². The van der Waals surface area contributed by atoms with Gasteiger partial charge < -0.3 is 4.65 Å². The van der Waals surface area contributed by atoms with Crippen LogP contribution in [-0.2, 0) is 4.65 Å². The van der Waals surface area contributed by atoms with E-state index < -0.39 is 0 Å². The monoisotopic (exact) mass is 170 g/mol. The molecule has 0 bridgehead atoms. The minimum absolute atomic E-state index is 0.516. The first-order valence-corrected chi connectivity index (χ1v) is 5.32. The molecule has 0 aliphatic heterocycles. The fourth-order valence-electron chi connectivity index (χ4n) is 1.28. The molecule has 2 heteroatoms. The van der Waals surface area contributed by atoms with Crippen LogP contribution in [0.15, 0.2) is 0 Å². The third-order valence-corrected chi connectivity index (χ3v) is 1.89. The number of rotatable bonds is 7. The smallest absolute Gasteiger partial charge is 0.293 e. The van der Waals surface area contributed by atoms with E-state index in [1.807, 2.05) is 0 Å². The van der Waals surface area contributed by atoms with Gasteiger partial charge in [0.25, 0.3) is 6.92 Å². The molecule has 0 aromatic rings. The van der Waals surface area contributed by atoms with Crippen molar-refractivity contribution in [1.29, 1.82) is 0 Å². The minimum atomic E-state index is 0.516. The van der Waals surface area contributed by atoms with Crippen LogP contribution in [0.5, 0.6) is 0 Å². The summed E-state index contributed by atoms with van der Waals surface area (Å²) in [5, 5.41) is 0. The summed E-state index contributed by atoms with van der Waals surface area (Å²) in [5.74, 6) is 0.668. The molecule has 0 aromatic heterocycles. The molecule has 0 rings (SSSR count).